The molecular weight excluding hydrogens is 402 g/mol. The summed E-state index contributed by atoms with van der Waals surface area (Å²) in [4.78, 5) is 38.2. The van der Waals surface area contributed by atoms with E-state index in [0.717, 1.165) is 23.7 Å². The topological polar surface area (TPSA) is 111 Å². The smallest absolute Gasteiger partial charge is 0.286 e. The number of carbonyl (C=O) groups excluding carboxylic acids is 2. The van der Waals surface area contributed by atoms with Crippen molar-refractivity contribution in [2.45, 2.75) is 27.2 Å². The highest BCUT2D eigenvalue weighted by Crippen LogP contribution is 2.36. The van der Waals surface area contributed by atoms with Crippen LogP contribution in [-0.4, -0.2) is 37.5 Å². The van der Waals surface area contributed by atoms with Crippen LogP contribution in [0.4, 0.5) is 17.1 Å². The van der Waals surface area contributed by atoms with Crippen LogP contribution >= 0.6 is 0 Å². The SMILES string of the molecule is COc1cc(C(=O)Nc2ccc3c(c2)N(C(=O)C(C)(C)C)CC3)c([N+](=O)[O-])cc1OC. The molecule has 0 saturated carbocycles. The van der Waals surface area contributed by atoms with Crippen LogP contribution in [0.1, 0.15) is 36.7 Å². The molecule has 0 unspecified atom stereocenters. The predicted molar refractivity (Wildman–Crippen MR) is 116 cm³/mol. The monoisotopic (exact) mass is 427 g/mol. The summed E-state index contributed by atoms with van der Waals surface area (Å²) < 4.78 is 10.3. The molecule has 0 aromatic heterocycles. The number of anilines is 2. The Balaban J connectivity index is 1.94. The number of benzene rings is 2. The maximum Gasteiger partial charge on any atom is 0.286 e. The van der Waals surface area contributed by atoms with E-state index in [4.69, 9.17) is 9.47 Å². The lowest BCUT2D eigenvalue weighted by atomic mass is 9.94. The van der Waals surface area contributed by atoms with Gasteiger partial charge in [-0.05, 0) is 24.1 Å². The molecule has 31 heavy (non-hydrogen) atoms. The number of rotatable bonds is 5. The Bertz CT molecular complexity index is 1060. The lowest BCUT2D eigenvalue weighted by Gasteiger charge is -2.26. The molecule has 1 N–H and O–H groups in total. The molecule has 1 aliphatic rings. The zero-order valence-electron chi connectivity index (χ0n) is 18.1. The molecule has 2 aromatic rings. The number of hydrogen-bond donors (Lipinski definition) is 1. The average Bonchev–Trinajstić information content (AvgIpc) is 3.14. The molecule has 0 saturated heterocycles. The molecule has 2 aromatic carbocycles. The van der Waals surface area contributed by atoms with E-state index >= 15 is 0 Å². The first-order valence-corrected chi connectivity index (χ1v) is 9.73. The van der Waals surface area contributed by atoms with E-state index in [2.05, 4.69) is 5.32 Å². The first kappa shape index (κ1) is 22.1. The summed E-state index contributed by atoms with van der Waals surface area (Å²) in [5.41, 5.74) is 1.07. The van der Waals surface area contributed by atoms with Crippen LogP contribution in [0.25, 0.3) is 0 Å². The van der Waals surface area contributed by atoms with Gasteiger partial charge in [0.1, 0.15) is 5.56 Å². The van der Waals surface area contributed by atoms with Crippen LogP contribution in [0.3, 0.4) is 0 Å². The second-order valence-corrected chi connectivity index (χ2v) is 8.24. The number of nitrogens with zero attached hydrogens (tertiary/aromatic N) is 2. The van der Waals surface area contributed by atoms with Crippen molar-refractivity contribution < 1.29 is 24.0 Å². The van der Waals surface area contributed by atoms with E-state index in [-0.39, 0.29) is 23.0 Å². The highest BCUT2D eigenvalue weighted by atomic mass is 16.6. The molecule has 9 nitrogen and oxygen atoms in total. The largest absolute Gasteiger partial charge is 0.493 e. The Kier molecular flexibility index (Phi) is 5.88. The first-order valence-electron chi connectivity index (χ1n) is 9.73. The second-order valence-electron chi connectivity index (χ2n) is 8.24. The van der Waals surface area contributed by atoms with Gasteiger partial charge in [-0.15, -0.1) is 0 Å². The molecule has 3 rings (SSSR count). The molecule has 0 bridgehead atoms. The van der Waals surface area contributed by atoms with Gasteiger partial charge in [0, 0.05) is 29.4 Å². The van der Waals surface area contributed by atoms with E-state index < -0.39 is 21.9 Å². The van der Waals surface area contributed by atoms with Crippen molar-refractivity contribution in [1.82, 2.24) is 0 Å². The Morgan fingerprint density at radius 3 is 2.32 bits per heavy atom. The lowest BCUT2D eigenvalue weighted by molar-refractivity contribution is -0.385. The van der Waals surface area contributed by atoms with Gasteiger partial charge in [0.05, 0.1) is 25.2 Å². The number of carbonyl (C=O) groups is 2. The van der Waals surface area contributed by atoms with E-state index in [9.17, 15) is 19.7 Å². The third-order valence-corrected chi connectivity index (χ3v) is 5.07. The number of fused-ring (bicyclic) bond motifs is 1. The van der Waals surface area contributed by atoms with Crippen LogP contribution in [0, 0.1) is 15.5 Å². The third-order valence-electron chi connectivity index (χ3n) is 5.07. The molecular formula is C22H25N3O6. The molecule has 0 aliphatic carbocycles. The molecule has 0 spiro atoms. The number of methoxy groups -OCH3 is 2. The second kappa shape index (κ2) is 8.25. The summed E-state index contributed by atoms with van der Waals surface area (Å²) in [6, 6.07) is 7.71. The summed E-state index contributed by atoms with van der Waals surface area (Å²) in [6.45, 7) is 6.14. The molecule has 1 heterocycles. The van der Waals surface area contributed by atoms with Gasteiger partial charge in [-0.25, -0.2) is 0 Å². The van der Waals surface area contributed by atoms with Gasteiger partial charge in [-0.2, -0.15) is 0 Å². The predicted octanol–water partition coefficient (Wildman–Crippen LogP) is 3.80. The standard InChI is InChI=1S/C22H25N3O6/c1-22(2,3)21(27)24-9-8-13-6-7-14(10-16(13)24)23-20(26)15-11-18(30-4)19(31-5)12-17(15)25(28)29/h6-7,10-12H,8-9H2,1-5H3,(H,23,26). The fourth-order valence-corrected chi connectivity index (χ4v) is 3.47. The summed E-state index contributed by atoms with van der Waals surface area (Å²) in [7, 11) is 2.74. The van der Waals surface area contributed by atoms with E-state index in [1.165, 1.54) is 20.3 Å². The van der Waals surface area contributed by atoms with Crippen molar-refractivity contribution in [3.05, 3.63) is 51.6 Å². The van der Waals surface area contributed by atoms with E-state index in [1.807, 2.05) is 26.8 Å². The average molecular weight is 427 g/mol. The van der Waals surface area contributed by atoms with Crippen molar-refractivity contribution in [3.8, 4) is 11.5 Å². The first-order chi connectivity index (χ1) is 14.6. The number of nitro benzene ring substituents is 1. The normalized spacial score (nSPS) is 12.9. The van der Waals surface area contributed by atoms with Crippen LogP contribution in [0.5, 0.6) is 11.5 Å². The fraction of sp³-hybridized carbons (Fsp3) is 0.364. The molecule has 0 atom stereocenters. The zero-order chi connectivity index (χ0) is 22.9. The molecule has 1 aliphatic heterocycles. The van der Waals surface area contributed by atoms with Crippen LogP contribution in [0.2, 0.25) is 0 Å². The Morgan fingerprint density at radius 2 is 1.74 bits per heavy atom. The van der Waals surface area contributed by atoms with Gasteiger partial charge in [-0.3, -0.25) is 19.7 Å². The van der Waals surface area contributed by atoms with Gasteiger partial charge in [0.25, 0.3) is 11.6 Å². The molecule has 9 heteroatoms. The van der Waals surface area contributed by atoms with Crippen molar-refractivity contribution in [1.29, 1.82) is 0 Å². The van der Waals surface area contributed by atoms with Crippen molar-refractivity contribution in [3.63, 3.8) is 0 Å². The minimum absolute atomic E-state index is 0.00902. The van der Waals surface area contributed by atoms with Gasteiger partial charge < -0.3 is 19.7 Å². The number of nitrogens with one attached hydrogen (secondary N) is 1. The molecule has 164 valence electrons. The number of ether oxygens (including phenoxy) is 2. The van der Waals surface area contributed by atoms with Gasteiger partial charge in [0.15, 0.2) is 11.5 Å². The summed E-state index contributed by atoms with van der Waals surface area (Å²) >= 11 is 0. The maximum absolute atomic E-state index is 12.9. The molecule has 0 fully saturated rings. The molecule has 0 radical (unpaired) electrons. The van der Waals surface area contributed by atoms with Crippen LogP contribution < -0.4 is 19.7 Å². The van der Waals surface area contributed by atoms with E-state index in [1.54, 1.807) is 17.0 Å². The van der Waals surface area contributed by atoms with Crippen molar-refractivity contribution >= 4 is 28.9 Å². The Labute approximate surface area is 180 Å². The van der Waals surface area contributed by atoms with Crippen molar-refractivity contribution in [2.24, 2.45) is 5.41 Å². The van der Waals surface area contributed by atoms with E-state index in [0.29, 0.717) is 12.2 Å². The number of amides is 2. The maximum atomic E-state index is 12.9. The van der Waals surface area contributed by atoms with Crippen LogP contribution in [0.15, 0.2) is 30.3 Å². The highest BCUT2D eigenvalue weighted by Gasteiger charge is 2.32. The zero-order valence-corrected chi connectivity index (χ0v) is 18.1. The minimum Gasteiger partial charge on any atom is -0.493 e. The van der Waals surface area contributed by atoms with Gasteiger partial charge in [0.2, 0.25) is 5.91 Å². The summed E-state index contributed by atoms with van der Waals surface area (Å²) in [5.74, 6) is -0.321. The van der Waals surface area contributed by atoms with Crippen molar-refractivity contribution in [2.75, 3.05) is 31.0 Å². The summed E-state index contributed by atoms with van der Waals surface area (Å²) in [5, 5.41) is 14.2. The van der Waals surface area contributed by atoms with Crippen LogP contribution in [-0.2, 0) is 11.2 Å². The number of hydrogen-bond acceptors (Lipinski definition) is 6. The molecule has 2 amide bonds. The lowest BCUT2D eigenvalue weighted by Crippen LogP contribution is -2.38. The highest BCUT2D eigenvalue weighted by molar-refractivity contribution is 6.08. The Hall–Kier alpha value is -3.62. The number of nitro groups is 1. The fourth-order valence-electron chi connectivity index (χ4n) is 3.47. The van der Waals surface area contributed by atoms with Gasteiger partial charge in [-0.1, -0.05) is 26.8 Å². The minimum atomic E-state index is -0.667. The quantitative estimate of drug-likeness (QED) is 0.574. The Morgan fingerprint density at radius 1 is 1.10 bits per heavy atom. The summed E-state index contributed by atoms with van der Waals surface area (Å²) in [6.07, 6.45) is 0.729. The van der Waals surface area contributed by atoms with Gasteiger partial charge >= 0.3 is 0 Å². The third kappa shape index (κ3) is 4.30.